The normalized spacial score (nSPS) is 19.2. The number of nitrogens with one attached hydrogen (secondary N) is 1. The third-order valence-electron chi connectivity index (χ3n) is 4.40. The van der Waals surface area contributed by atoms with E-state index in [1.807, 2.05) is 20.8 Å². The van der Waals surface area contributed by atoms with E-state index in [1.165, 1.54) is 6.07 Å². The Morgan fingerprint density at radius 2 is 2.07 bits per heavy atom. The van der Waals surface area contributed by atoms with E-state index in [0.29, 0.717) is 32.7 Å². The molecule has 0 aliphatic carbocycles. The summed E-state index contributed by atoms with van der Waals surface area (Å²) < 4.78 is 36.9. The summed E-state index contributed by atoms with van der Waals surface area (Å²) in [4.78, 5) is 20.6. The van der Waals surface area contributed by atoms with Crippen LogP contribution in [0.4, 0.5) is 13.6 Å². The summed E-state index contributed by atoms with van der Waals surface area (Å²) >= 11 is 0. The number of aliphatic imine (C=N–C) groups is 1. The first-order chi connectivity index (χ1) is 13.2. The van der Waals surface area contributed by atoms with Crippen LogP contribution in [0.2, 0.25) is 0 Å². The number of carbonyl (C=O) groups excluding carboxylic acids is 1. The fourth-order valence-corrected chi connectivity index (χ4v) is 3.12. The molecule has 0 aromatic heterocycles. The maximum Gasteiger partial charge on any atom is 0.410 e. The third kappa shape index (κ3) is 5.02. The van der Waals surface area contributed by atoms with Crippen molar-refractivity contribution in [2.45, 2.75) is 32.4 Å². The summed E-state index contributed by atoms with van der Waals surface area (Å²) in [5.41, 5.74) is -0.513. The predicted molar refractivity (Wildman–Crippen MR) is 100 cm³/mol. The Morgan fingerprint density at radius 3 is 2.79 bits per heavy atom. The van der Waals surface area contributed by atoms with Crippen LogP contribution in [0.3, 0.4) is 0 Å². The highest BCUT2D eigenvalue weighted by atomic mass is 19.2. The Hall–Kier alpha value is -2.58. The lowest BCUT2D eigenvalue weighted by Crippen LogP contribution is -2.57. The van der Waals surface area contributed by atoms with E-state index in [-0.39, 0.29) is 24.5 Å². The van der Waals surface area contributed by atoms with Gasteiger partial charge in [0.15, 0.2) is 17.6 Å². The topological polar surface area (TPSA) is 66.4 Å². The van der Waals surface area contributed by atoms with Crippen molar-refractivity contribution in [1.29, 1.82) is 0 Å². The molecule has 0 saturated carbocycles. The Morgan fingerprint density at radius 1 is 1.29 bits per heavy atom. The van der Waals surface area contributed by atoms with Gasteiger partial charge in [0.05, 0.1) is 19.1 Å². The molecule has 1 N–H and O–H groups in total. The largest absolute Gasteiger partial charge is 0.492 e. The number of ether oxygens (including phenoxy) is 2. The van der Waals surface area contributed by atoms with Gasteiger partial charge in [-0.25, -0.2) is 13.6 Å². The average molecular weight is 396 g/mol. The fraction of sp³-hybridized carbons (Fsp3) is 0.579. The molecule has 0 bridgehead atoms. The molecule has 1 amide bonds. The molecule has 0 spiro atoms. The number of nitrogens with zero attached hydrogens (tertiary/aromatic N) is 3. The lowest BCUT2D eigenvalue weighted by molar-refractivity contribution is 0.0137. The lowest BCUT2D eigenvalue weighted by atomic mass is 10.2. The molecular weight excluding hydrogens is 370 g/mol. The Labute approximate surface area is 163 Å². The Bertz CT molecular complexity index is 751. The molecular formula is C19H26F2N4O3. The van der Waals surface area contributed by atoms with E-state index in [0.717, 1.165) is 18.1 Å². The maximum atomic E-state index is 13.2. The molecule has 1 aromatic rings. The van der Waals surface area contributed by atoms with Gasteiger partial charge in [-0.3, -0.25) is 4.99 Å². The molecule has 2 aliphatic heterocycles. The summed E-state index contributed by atoms with van der Waals surface area (Å²) in [6.07, 6.45) is -0.298. The van der Waals surface area contributed by atoms with E-state index in [4.69, 9.17) is 9.47 Å². The zero-order valence-electron chi connectivity index (χ0n) is 16.4. The van der Waals surface area contributed by atoms with Crippen LogP contribution < -0.4 is 10.1 Å². The SMILES string of the molecule is CC(C)(C)OC(=O)N1CCN2C(NCCOc3ccc(F)c(F)c3)=NCC2C1. The van der Waals surface area contributed by atoms with E-state index in [9.17, 15) is 13.6 Å². The molecule has 7 nitrogen and oxygen atoms in total. The van der Waals surface area contributed by atoms with E-state index in [1.54, 1.807) is 4.90 Å². The monoisotopic (exact) mass is 396 g/mol. The van der Waals surface area contributed by atoms with Gasteiger partial charge in [0.2, 0.25) is 0 Å². The number of hydrogen-bond donors (Lipinski definition) is 1. The number of benzene rings is 1. The molecule has 2 aliphatic rings. The van der Waals surface area contributed by atoms with Crippen LogP contribution in [-0.4, -0.2) is 72.8 Å². The number of rotatable bonds is 4. The highest BCUT2D eigenvalue weighted by Gasteiger charge is 2.36. The highest BCUT2D eigenvalue weighted by molar-refractivity contribution is 5.82. The molecule has 154 valence electrons. The summed E-state index contributed by atoms with van der Waals surface area (Å²) in [5, 5.41) is 3.21. The van der Waals surface area contributed by atoms with Crippen LogP contribution in [0.15, 0.2) is 23.2 Å². The van der Waals surface area contributed by atoms with Crippen molar-refractivity contribution in [2.75, 3.05) is 39.3 Å². The van der Waals surface area contributed by atoms with Gasteiger partial charge in [-0.15, -0.1) is 0 Å². The molecule has 1 saturated heterocycles. The fourth-order valence-electron chi connectivity index (χ4n) is 3.12. The Kier molecular flexibility index (Phi) is 5.90. The van der Waals surface area contributed by atoms with Gasteiger partial charge < -0.3 is 24.6 Å². The van der Waals surface area contributed by atoms with Gasteiger partial charge in [-0.1, -0.05) is 0 Å². The van der Waals surface area contributed by atoms with Gasteiger partial charge in [0.1, 0.15) is 18.0 Å². The average Bonchev–Trinajstić information content (AvgIpc) is 3.02. The van der Waals surface area contributed by atoms with Crippen molar-refractivity contribution in [3.05, 3.63) is 29.8 Å². The number of piperazine rings is 1. The molecule has 1 atom stereocenters. The number of halogens is 2. The van der Waals surface area contributed by atoms with Gasteiger partial charge >= 0.3 is 6.09 Å². The van der Waals surface area contributed by atoms with Crippen LogP contribution in [-0.2, 0) is 4.74 Å². The summed E-state index contributed by atoms with van der Waals surface area (Å²) in [6, 6.07) is 3.57. The summed E-state index contributed by atoms with van der Waals surface area (Å²) in [7, 11) is 0. The zero-order chi connectivity index (χ0) is 20.3. The molecule has 3 rings (SSSR count). The van der Waals surface area contributed by atoms with Crippen molar-refractivity contribution in [1.82, 2.24) is 15.1 Å². The first-order valence-corrected chi connectivity index (χ1v) is 9.34. The number of hydrogen-bond acceptors (Lipinski definition) is 6. The minimum atomic E-state index is -0.934. The molecule has 2 heterocycles. The second-order valence-electron chi connectivity index (χ2n) is 7.79. The number of amides is 1. The summed E-state index contributed by atoms with van der Waals surface area (Å²) in [5.74, 6) is -0.792. The van der Waals surface area contributed by atoms with E-state index >= 15 is 0 Å². The van der Waals surface area contributed by atoms with Crippen LogP contribution in [0.1, 0.15) is 20.8 Å². The Balaban J connectivity index is 1.42. The second kappa shape index (κ2) is 8.20. The van der Waals surface area contributed by atoms with Gasteiger partial charge in [-0.05, 0) is 32.9 Å². The van der Waals surface area contributed by atoms with Crippen LogP contribution in [0, 0.1) is 11.6 Å². The standard InChI is InChI=1S/C19H26F2N4O3/c1-19(2,3)28-18(26)24-7-8-25-13(12-24)11-23-17(25)22-6-9-27-14-4-5-15(20)16(21)10-14/h4-5,10,13H,6-9,11-12H2,1-3H3,(H,22,23). The number of guanidine groups is 1. The minimum absolute atomic E-state index is 0.121. The van der Waals surface area contributed by atoms with Crippen LogP contribution >= 0.6 is 0 Å². The zero-order valence-corrected chi connectivity index (χ0v) is 16.4. The molecule has 1 fully saturated rings. The molecule has 1 unspecified atom stereocenters. The van der Waals surface area contributed by atoms with Crippen molar-refractivity contribution in [3.63, 3.8) is 0 Å². The first-order valence-electron chi connectivity index (χ1n) is 9.34. The van der Waals surface area contributed by atoms with Gasteiger partial charge in [0, 0.05) is 25.7 Å². The second-order valence-corrected chi connectivity index (χ2v) is 7.79. The third-order valence-corrected chi connectivity index (χ3v) is 4.40. The number of fused-ring (bicyclic) bond motifs is 1. The quantitative estimate of drug-likeness (QED) is 0.791. The minimum Gasteiger partial charge on any atom is -0.492 e. The van der Waals surface area contributed by atoms with Crippen molar-refractivity contribution in [2.24, 2.45) is 4.99 Å². The smallest absolute Gasteiger partial charge is 0.410 e. The molecule has 1 aromatic carbocycles. The first kappa shape index (κ1) is 20.2. The molecule has 28 heavy (non-hydrogen) atoms. The predicted octanol–water partition coefficient (Wildman–Crippen LogP) is 2.22. The molecule has 0 radical (unpaired) electrons. The lowest BCUT2D eigenvalue weighted by Gasteiger charge is -2.39. The molecule has 9 heteroatoms. The van der Waals surface area contributed by atoms with Crippen molar-refractivity contribution >= 4 is 12.1 Å². The van der Waals surface area contributed by atoms with Crippen LogP contribution in [0.5, 0.6) is 5.75 Å². The van der Waals surface area contributed by atoms with E-state index in [2.05, 4.69) is 15.2 Å². The van der Waals surface area contributed by atoms with Crippen LogP contribution in [0.25, 0.3) is 0 Å². The van der Waals surface area contributed by atoms with Gasteiger partial charge in [0.25, 0.3) is 0 Å². The van der Waals surface area contributed by atoms with Crippen molar-refractivity contribution in [3.8, 4) is 5.75 Å². The van der Waals surface area contributed by atoms with Gasteiger partial charge in [-0.2, -0.15) is 0 Å². The van der Waals surface area contributed by atoms with E-state index < -0.39 is 17.2 Å². The highest BCUT2D eigenvalue weighted by Crippen LogP contribution is 2.19. The maximum absolute atomic E-state index is 13.2. The summed E-state index contributed by atoms with van der Waals surface area (Å²) in [6.45, 7) is 8.71. The van der Waals surface area contributed by atoms with Crippen molar-refractivity contribution < 1.29 is 23.0 Å². The number of carbonyl (C=O) groups is 1.